The van der Waals surface area contributed by atoms with Gasteiger partial charge in [0.15, 0.2) is 0 Å². The highest BCUT2D eigenvalue weighted by atomic mass is 28.4. The molecule has 0 saturated heterocycles. The van der Waals surface area contributed by atoms with Crippen molar-refractivity contribution in [3.8, 4) is 0 Å². The van der Waals surface area contributed by atoms with Gasteiger partial charge < -0.3 is 8.85 Å². The molecule has 0 spiro atoms. The van der Waals surface area contributed by atoms with Gasteiger partial charge in [-0.25, -0.2) is 0 Å². The molecule has 0 rings (SSSR count). The highest BCUT2D eigenvalue weighted by Gasteiger charge is 2.35. The zero-order valence-corrected chi connectivity index (χ0v) is 19.9. The molecule has 0 aliphatic carbocycles. The summed E-state index contributed by atoms with van der Waals surface area (Å²) in [5, 5.41) is 0. The normalized spacial score (nSPS) is 13.3. The lowest BCUT2D eigenvalue weighted by atomic mass is 10.1. The predicted molar refractivity (Wildman–Crippen MR) is 119 cm³/mol. The summed E-state index contributed by atoms with van der Waals surface area (Å²) in [5.41, 5.74) is 0. The van der Waals surface area contributed by atoms with Crippen LogP contribution in [0.1, 0.15) is 125 Å². The van der Waals surface area contributed by atoms with E-state index in [2.05, 4.69) is 34.6 Å². The van der Waals surface area contributed by atoms with E-state index < -0.39 is 8.56 Å². The molecule has 0 N–H and O–H groups in total. The predicted octanol–water partition coefficient (Wildman–Crippen LogP) is 8.39. The summed E-state index contributed by atoms with van der Waals surface area (Å²) in [6.07, 6.45) is 19.2. The summed E-state index contributed by atoms with van der Waals surface area (Å²) < 4.78 is 12.9. The largest absolute Gasteiger partial charge is 0.394 e. The topological polar surface area (TPSA) is 18.5 Å². The van der Waals surface area contributed by atoms with Crippen LogP contribution in [0.5, 0.6) is 0 Å². The molecule has 0 bridgehead atoms. The lowest BCUT2D eigenvalue weighted by Gasteiger charge is -2.32. The second-order valence-electron chi connectivity index (χ2n) is 8.07. The van der Waals surface area contributed by atoms with E-state index in [0.29, 0.717) is 6.10 Å². The highest BCUT2D eigenvalue weighted by Crippen LogP contribution is 2.23. The van der Waals surface area contributed by atoms with Crippen LogP contribution in [0, 0.1) is 0 Å². The molecule has 1 atom stereocenters. The first-order valence-electron chi connectivity index (χ1n) is 12.0. The summed E-state index contributed by atoms with van der Waals surface area (Å²) >= 11 is 0. The lowest BCUT2D eigenvalue weighted by Crippen LogP contribution is -2.43. The number of hydrogen-bond acceptors (Lipinski definition) is 2. The Bertz CT molecular complexity index is 279. The third kappa shape index (κ3) is 14.2. The molecule has 2 nitrogen and oxygen atoms in total. The summed E-state index contributed by atoms with van der Waals surface area (Å²) in [6, 6.07) is 2.17. The van der Waals surface area contributed by atoms with Crippen molar-refractivity contribution in [3.05, 3.63) is 0 Å². The minimum atomic E-state index is -1.96. The second-order valence-corrected chi connectivity index (χ2v) is 11.8. The Labute approximate surface area is 167 Å². The molecule has 158 valence electrons. The molecule has 0 aromatic rings. The van der Waals surface area contributed by atoms with E-state index in [4.69, 9.17) is 8.85 Å². The highest BCUT2D eigenvalue weighted by molar-refractivity contribution is 6.67. The molecule has 0 saturated carbocycles. The third-order valence-corrected chi connectivity index (χ3v) is 9.29. The first-order valence-corrected chi connectivity index (χ1v) is 14.2. The Kier molecular flexibility index (Phi) is 18.6. The monoisotopic (exact) mass is 386 g/mol. The van der Waals surface area contributed by atoms with E-state index in [1.807, 2.05) is 0 Å². The summed E-state index contributed by atoms with van der Waals surface area (Å²) in [7, 11) is -1.96. The minimum absolute atomic E-state index is 0.362. The van der Waals surface area contributed by atoms with Gasteiger partial charge in [0.1, 0.15) is 0 Å². The van der Waals surface area contributed by atoms with Crippen LogP contribution in [0.3, 0.4) is 0 Å². The molecule has 0 aliphatic rings. The van der Waals surface area contributed by atoms with E-state index in [0.717, 1.165) is 18.7 Å². The first kappa shape index (κ1) is 26.1. The average Bonchev–Trinajstić information content (AvgIpc) is 2.65. The summed E-state index contributed by atoms with van der Waals surface area (Å²) in [4.78, 5) is 0. The second kappa shape index (κ2) is 18.5. The molecule has 0 radical (unpaired) electrons. The van der Waals surface area contributed by atoms with Crippen molar-refractivity contribution in [2.75, 3.05) is 6.61 Å². The smallest absolute Gasteiger partial charge is 0.337 e. The Balaban J connectivity index is 3.78. The standard InChI is InChI=1S/C23H50O2Si/c1-6-10-12-13-14-15-16-17-18-20-22-24-26(8-3,9-4)25-23(5)21-19-11-7-2/h23H,6-22H2,1-5H3. The molecule has 0 aromatic carbocycles. The summed E-state index contributed by atoms with van der Waals surface area (Å²) in [6.45, 7) is 12.2. The van der Waals surface area contributed by atoms with Gasteiger partial charge in [0.2, 0.25) is 0 Å². The average molecular weight is 387 g/mol. The zero-order valence-electron chi connectivity index (χ0n) is 18.9. The maximum Gasteiger partial charge on any atom is 0.337 e. The Morgan fingerprint density at radius 3 is 1.58 bits per heavy atom. The SMILES string of the molecule is CCCCCCCCCCCCO[Si](CC)(CC)OC(C)CCCCC. The van der Waals surface area contributed by atoms with Crippen LogP contribution >= 0.6 is 0 Å². The Morgan fingerprint density at radius 2 is 1.08 bits per heavy atom. The fourth-order valence-corrected chi connectivity index (χ4v) is 6.29. The molecule has 26 heavy (non-hydrogen) atoms. The van der Waals surface area contributed by atoms with Gasteiger partial charge in [-0.15, -0.1) is 0 Å². The molecule has 1 unspecified atom stereocenters. The van der Waals surface area contributed by atoms with Crippen molar-refractivity contribution in [2.24, 2.45) is 0 Å². The van der Waals surface area contributed by atoms with E-state index in [1.54, 1.807) is 0 Å². The third-order valence-electron chi connectivity index (χ3n) is 5.57. The maximum atomic E-state index is 6.49. The zero-order chi connectivity index (χ0) is 19.5. The van der Waals surface area contributed by atoms with Crippen LogP contribution in [-0.4, -0.2) is 21.3 Å². The van der Waals surface area contributed by atoms with Gasteiger partial charge in [-0.05, 0) is 31.9 Å². The molecule has 0 aliphatic heterocycles. The van der Waals surface area contributed by atoms with Gasteiger partial charge in [-0.3, -0.25) is 0 Å². The Hall–Kier alpha value is 0.137. The van der Waals surface area contributed by atoms with Gasteiger partial charge >= 0.3 is 8.56 Å². The van der Waals surface area contributed by atoms with Gasteiger partial charge in [0, 0.05) is 12.7 Å². The van der Waals surface area contributed by atoms with Crippen molar-refractivity contribution in [2.45, 2.75) is 143 Å². The molecular formula is C23H50O2Si. The van der Waals surface area contributed by atoms with Crippen LogP contribution < -0.4 is 0 Å². The number of unbranched alkanes of at least 4 members (excludes halogenated alkanes) is 11. The lowest BCUT2D eigenvalue weighted by molar-refractivity contribution is 0.114. The van der Waals surface area contributed by atoms with E-state index in [-0.39, 0.29) is 0 Å². The van der Waals surface area contributed by atoms with Crippen LogP contribution in [0.4, 0.5) is 0 Å². The quantitative estimate of drug-likeness (QED) is 0.154. The van der Waals surface area contributed by atoms with Crippen LogP contribution in [0.2, 0.25) is 12.1 Å². The molecule has 0 fully saturated rings. The first-order chi connectivity index (χ1) is 12.6. The number of hydrogen-bond donors (Lipinski definition) is 0. The molecule has 3 heteroatoms. The fraction of sp³-hybridized carbons (Fsp3) is 1.00. The van der Waals surface area contributed by atoms with Crippen LogP contribution in [-0.2, 0) is 8.85 Å². The molecule has 0 amide bonds. The summed E-state index contributed by atoms with van der Waals surface area (Å²) in [5.74, 6) is 0. The van der Waals surface area contributed by atoms with Crippen molar-refractivity contribution in [1.82, 2.24) is 0 Å². The number of rotatable bonds is 20. The van der Waals surface area contributed by atoms with E-state index in [1.165, 1.54) is 89.9 Å². The fourth-order valence-electron chi connectivity index (χ4n) is 3.61. The van der Waals surface area contributed by atoms with Crippen molar-refractivity contribution < 1.29 is 8.85 Å². The molecule has 0 aromatic heterocycles. The van der Waals surface area contributed by atoms with Crippen molar-refractivity contribution >= 4 is 8.56 Å². The van der Waals surface area contributed by atoms with E-state index >= 15 is 0 Å². The van der Waals surface area contributed by atoms with E-state index in [9.17, 15) is 0 Å². The minimum Gasteiger partial charge on any atom is -0.394 e. The van der Waals surface area contributed by atoms with Crippen LogP contribution in [0.15, 0.2) is 0 Å². The van der Waals surface area contributed by atoms with Gasteiger partial charge in [0.05, 0.1) is 0 Å². The van der Waals surface area contributed by atoms with Gasteiger partial charge in [-0.1, -0.05) is 105 Å². The maximum absolute atomic E-state index is 6.49. The van der Waals surface area contributed by atoms with Gasteiger partial charge in [0.25, 0.3) is 0 Å². The van der Waals surface area contributed by atoms with Crippen molar-refractivity contribution in [1.29, 1.82) is 0 Å². The van der Waals surface area contributed by atoms with Crippen molar-refractivity contribution in [3.63, 3.8) is 0 Å². The molecule has 0 heterocycles. The molecular weight excluding hydrogens is 336 g/mol. The van der Waals surface area contributed by atoms with Crippen LogP contribution in [0.25, 0.3) is 0 Å². The van der Waals surface area contributed by atoms with Gasteiger partial charge in [-0.2, -0.15) is 0 Å². The Morgan fingerprint density at radius 1 is 0.615 bits per heavy atom.